The minimum Gasteiger partial charge on any atom is -0.474 e. The molecule has 1 aliphatic rings. The summed E-state index contributed by atoms with van der Waals surface area (Å²) in [6.07, 6.45) is 5.82. The molecule has 1 amide bonds. The molecule has 208 valence electrons. The second-order valence-corrected chi connectivity index (χ2v) is 9.95. The molecule has 0 radical (unpaired) electrons. The number of aryl methyl sites for hydroxylation is 1. The van der Waals surface area contributed by atoms with Crippen molar-refractivity contribution in [2.75, 3.05) is 18.4 Å². The molecule has 12 heteroatoms. The molecule has 0 unspecified atom stereocenters. The lowest BCUT2D eigenvalue weighted by atomic mass is 10.1. The molecule has 1 fully saturated rings. The number of amides is 1. The highest BCUT2D eigenvalue weighted by atomic mass is 35.5. The highest BCUT2D eigenvalue weighted by molar-refractivity contribution is 6.32. The molecule has 1 aliphatic heterocycles. The number of nitrogens with one attached hydrogen (secondary N) is 1. The summed E-state index contributed by atoms with van der Waals surface area (Å²) in [5, 5.41) is 8.12. The predicted octanol–water partition coefficient (Wildman–Crippen LogP) is 5.80. The van der Waals surface area contributed by atoms with E-state index in [4.69, 9.17) is 21.1 Å². The largest absolute Gasteiger partial charge is 0.474 e. The van der Waals surface area contributed by atoms with Crippen molar-refractivity contribution in [1.82, 2.24) is 29.6 Å². The van der Waals surface area contributed by atoms with E-state index in [0.29, 0.717) is 48.6 Å². The van der Waals surface area contributed by atoms with Crippen molar-refractivity contribution in [2.24, 2.45) is 7.05 Å². The summed E-state index contributed by atoms with van der Waals surface area (Å²) in [5.74, 6) is 0.523. The van der Waals surface area contributed by atoms with Crippen molar-refractivity contribution in [3.05, 3.63) is 78.5 Å². The Bertz CT molecular complexity index is 1790. The van der Waals surface area contributed by atoms with Crippen LogP contribution in [-0.4, -0.2) is 54.7 Å². The maximum Gasteiger partial charge on any atom is 0.245 e. The van der Waals surface area contributed by atoms with Crippen LogP contribution in [-0.2, 0) is 11.8 Å². The second kappa shape index (κ2) is 11.0. The molecule has 0 bridgehead atoms. The van der Waals surface area contributed by atoms with E-state index >= 15 is 4.39 Å². The van der Waals surface area contributed by atoms with Crippen LogP contribution in [0.5, 0.6) is 17.4 Å². The zero-order chi connectivity index (χ0) is 28.5. The quantitative estimate of drug-likeness (QED) is 0.244. The van der Waals surface area contributed by atoms with Gasteiger partial charge in [0.2, 0.25) is 11.8 Å². The first-order chi connectivity index (χ1) is 19.9. The minimum absolute atomic E-state index is 0.0851. The summed E-state index contributed by atoms with van der Waals surface area (Å²) >= 11 is 6.37. The number of rotatable bonds is 7. The number of halogens is 2. The van der Waals surface area contributed by atoms with Crippen LogP contribution in [0.15, 0.2) is 67.6 Å². The number of pyridine rings is 1. The zero-order valence-corrected chi connectivity index (χ0v) is 22.8. The average molecular weight is 574 g/mol. The van der Waals surface area contributed by atoms with Gasteiger partial charge >= 0.3 is 0 Å². The molecule has 0 atom stereocenters. The first-order valence-electron chi connectivity index (χ1n) is 12.9. The van der Waals surface area contributed by atoms with Crippen molar-refractivity contribution < 1.29 is 18.7 Å². The van der Waals surface area contributed by atoms with Gasteiger partial charge in [-0.1, -0.05) is 18.2 Å². The number of hydrogen-bond acceptors (Lipinski definition) is 8. The molecular formula is C29H25ClFN7O3. The fraction of sp³-hybridized carbons (Fsp3) is 0.207. The number of anilines is 2. The van der Waals surface area contributed by atoms with Gasteiger partial charge in [-0.25, -0.2) is 19.3 Å². The van der Waals surface area contributed by atoms with E-state index in [9.17, 15) is 4.79 Å². The number of ether oxygens (including phenoxy) is 2. The van der Waals surface area contributed by atoms with Crippen molar-refractivity contribution in [3.8, 4) is 17.4 Å². The SMILES string of the molecule is C=CC(=O)N1CCC(Oc2ccc3ncnc(Nc4ccc(Oc5ccc6cn(C)nc6c5)c(Cl)c4F)c3n2)CC1. The lowest BCUT2D eigenvalue weighted by Crippen LogP contribution is -2.41. The van der Waals surface area contributed by atoms with Crippen LogP contribution in [0.25, 0.3) is 21.9 Å². The monoisotopic (exact) mass is 573 g/mol. The van der Waals surface area contributed by atoms with Crippen molar-refractivity contribution in [2.45, 2.75) is 18.9 Å². The summed E-state index contributed by atoms with van der Waals surface area (Å²) in [7, 11) is 1.84. The van der Waals surface area contributed by atoms with Crippen LogP contribution in [0.4, 0.5) is 15.9 Å². The van der Waals surface area contributed by atoms with Crippen molar-refractivity contribution >= 4 is 50.9 Å². The Balaban J connectivity index is 1.20. The minimum atomic E-state index is -0.705. The Morgan fingerprint density at radius 3 is 2.78 bits per heavy atom. The molecule has 2 aromatic carbocycles. The number of likely N-dealkylation sites (tertiary alicyclic amines) is 1. The van der Waals surface area contributed by atoms with Crippen LogP contribution < -0.4 is 14.8 Å². The number of aromatic nitrogens is 5. The molecule has 4 heterocycles. The third-order valence-corrected chi connectivity index (χ3v) is 7.15. The number of nitrogens with zero attached hydrogens (tertiary/aromatic N) is 6. The van der Waals surface area contributed by atoms with E-state index in [1.165, 1.54) is 18.5 Å². The summed E-state index contributed by atoms with van der Waals surface area (Å²) in [5.41, 5.74) is 1.80. The Kier molecular flexibility index (Phi) is 7.10. The van der Waals surface area contributed by atoms with Crippen molar-refractivity contribution in [1.29, 1.82) is 0 Å². The first-order valence-corrected chi connectivity index (χ1v) is 13.3. The highest BCUT2D eigenvalue weighted by Crippen LogP contribution is 2.37. The summed E-state index contributed by atoms with van der Waals surface area (Å²) in [6, 6.07) is 12.0. The Morgan fingerprint density at radius 1 is 1.15 bits per heavy atom. The normalized spacial score (nSPS) is 13.9. The number of fused-ring (bicyclic) bond motifs is 2. The molecule has 1 saturated heterocycles. The molecule has 10 nitrogen and oxygen atoms in total. The standard InChI is InChI=1S/C29H25ClFN7O3/c1-3-25(39)38-12-10-18(11-13-38)41-24-9-7-21-28(35-24)29(33-16-32-21)34-20-6-8-23(26(30)27(20)31)40-19-5-4-17-15-37(2)36-22(17)14-19/h3-9,14-16,18H,1,10-13H2,2H3,(H,32,33,34). The number of hydrogen-bond donors (Lipinski definition) is 1. The molecule has 0 saturated carbocycles. The third-order valence-electron chi connectivity index (χ3n) is 6.79. The van der Waals surface area contributed by atoms with E-state index in [1.54, 1.807) is 39.9 Å². The first kappa shape index (κ1) is 26.5. The molecule has 6 rings (SSSR count). The highest BCUT2D eigenvalue weighted by Gasteiger charge is 2.23. The predicted molar refractivity (Wildman–Crippen MR) is 153 cm³/mol. The number of piperidine rings is 1. The van der Waals surface area contributed by atoms with E-state index in [1.807, 2.05) is 19.3 Å². The van der Waals surface area contributed by atoms with E-state index in [-0.39, 0.29) is 34.3 Å². The third kappa shape index (κ3) is 5.48. The zero-order valence-electron chi connectivity index (χ0n) is 22.1. The summed E-state index contributed by atoms with van der Waals surface area (Å²) in [6.45, 7) is 4.70. The van der Waals surface area contributed by atoms with E-state index in [0.717, 1.165) is 10.9 Å². The Hall–Kier alpha value is -4.77. The Morgan fingerprint density at radius 2 is 1.98 bits per heavy atom. The number of benzene rings is 2. The maximum atomic E-state index is 15.4. The van der Waals surface area contributed by atoms with Crippen LogP contribution >= 0.6 is 11.6 Å². The van der Waals surface area contributed by atoms with E-state index in [2.05, 4.69) is 31.9 Å². The number of carbonyl (C=O) groups is 1. The smallest absolute Gasteiger partial charge is 0.245 e. The van der Waals surface area contributed by atoms with Gasteiger partial charge in [-0.2, -0.15) is 5.10 Å². The summed E-state index contributed by atoms with van der Waals surface area (Å²) < 4.78 is 29.1. The lowest BCUT2D eigenvalue weighted by Gasteiger charge is -2.31. The van der Waals surface area contributed by atoms with Gasteiger partial charge < -0.3 is 19.7 Å². The van der Waals surface area contributed by atoms with Gasteiger partial charge in [0.25, 0.3) is 0 Å². The van der Waals surface area contributed by atoms with Gasteiger partial charge in [-0.15, -0.1) is 0 Å². The summed E-state index contributed by atoms with van der Waals surface area (Å²) in [4.78, 5) is 26.7. The van der Waals surface area contributed by atoms with Gasteiger partial charge in [-0.3, -0.25) is 9.48 Å². The van der Waals surface area contributed by atoms with Gasteiger partial charge in [0, 0.05) is 56.7 Å². The Labute approximate surface area is 239 Å². The molecule has 41 heavy (non-hydrogen) atoms. The van der Waals surface area contributed by atoms with Gasteiger partial charge in [-0.05, 0) is 36.4 Å². The molecule has 5 aromatic rings. The molecule has 1 N–H and O–H groups in total. The van der Waals surface area contributed by atoms with E-state index < -0.39 is 5.82 Å². The van der Waals surface area contributed by atoms with Gasteiger partial charge in [0.05, 0.1) is 16.7 Å². The molecular weight excluding hydrogens is 549 g/mol. The van der Waals surface area contributed by atoms with Gasteiger partial charge in [0.1, 0.15) is 34.5 Å². The fourth-order valence-corrected chi connectivity index (χ4v) is 4.92. The van der Waals surface area contributed by atoms with Crippen LogP contribution in [0.1, 0.15) is 12.8 Å². The lowest BCUT2D eigenvalue weighted by molar-refractivity contribution is -0.127. The maximum absolute atomic E-state index is 15.4. The second-order valence-electron chi connectivity index (χ2n) is 9.58. The fourth-order valence-electron chi connectivity index (χ4n) is 4.72. The molecule has 0 aliphatic carbocycles. The van der Waals surface area contributed by atoms with Crippen LogP contribution in [0.2, 0.25) is 5.02 Å². The topological polar surface area (TPSA) is 107 Å². The van der Waals surface area contributed by atoms with Crippen LogP contribution in [0.3, 0.4) is 0 Å². The van der Waals surface area contributed by atoms with Crippen LogP contribution in [0, 0.1) is 5.82 Å². The molecule has 0 spiro atoms. The number of carbonyl (C=O) groups excluding carboxylic acids is 1. The molecule has 3 aromatic heterocycles. The van der Waals surface area contributed by atoms with Gasteiger partial charge in [0.15, 0.2) is 11.6 Å². The van der Waals surface area contributed by atoms with Crippen molar-refractivity contribution in [3.63, 3.8) is 0 Å². The average Bonchev–Trinajstić information content (AvgIpc) is 3.36.